The second-order valence-electron chi connectivity index (χ2n) is 5.62. The molecule has 3 rings (SSSR count). The highest BCUT2D eigenvalue weighted by molar-refractivity contribution is 5.97. The minimum Gasteiger partial charge on any atom is -0.478 e. The number of aromatic nitrogens is 1. The number of rotatable bonds is 5. The largest absolute Gasteiger partial charge is 0.478 e. The van der Waals surface area contributed by atoms with Gasteiger partial charge in [0.15, 0.2) is 11.4 Å². The van der Waals surface area contributed by atoms with Gasteiger partial charge in [-0.15, -0.1) is 0 Å². The molecule has 1 amide bonds. The summed E-state index contributed by atoms with van der Waals surface area (Å²) in [5.41, 5.74) is 1.53. The minimum absolute atomic E-state index is 0.0984. The molecule has 0 aliphatic carbocycles. The van der Waals surface area contributed by atoms with Crippen molar-refractivity contribution in [2.24, 2.45) is 0 Å². The molecule has 3 aromatic rings. The Kier molecular flexibility index (Phi) is 4.40. The first-order valence-corrected chi connectivity index (χ1v) is 7.62. The molecular formula is C18H14N2O6. The number of aromatic carboxylic acids is 1. The number of Topliss-reactive ketones (excluding diaryl/α,β-unsaturated/α-hetero) is 1. The van der Waals surface area contributed by atoms with E-state index in [-0.39, 0.29) is 23.5 Å². The first-order valence-electron chi connectivity index (χ1n) is 7.62. The summed E-state index contributed by atoms with van der Waals surface area (Å²) >= 11 is 0. The number of hydrogen-bond acceptors (Lipinski definition) is 5. The smallest absolute Gasteiger partial charge is 0.420 e. The molecule has 0 radical (unpaired) electrons. The van der Waals surface area contributed by atoms with Crippen molar-refractivity contribution in [2.45, 2.75) is 13.5 Å². The number of nitrogens with zero attached hydrogens (tertiary/aromatic N) is 1. The fraction of sp³-hybridized carbons (Fsp3) is 0.111. The highest BCUT2D eigenvalue weighted by Crippen LogP contribution is 2.16. The predicted octanol–water partition coefficient (Wildman–Crippen LogP) is 2.13. The third kappa shape index (κ3) is 3.39. The third-order valence-corrected chi connectivity index (χ3v) is 3.79. The predicted molar refractivity (Wildman–Crippen MR) is 92.5 cm³/mol. The summed E-state index contributed by atoms with van der Waals surface area (Å²) in [5.74, 6) is -2.42. The van der Waals surface area contributed by atoms with E-state index in [0.717, 1.165) is 4.57 Å². The molecule has 1 aromatic heterocycles. The van der Waals surface area contributed by atoms with Crippen molar-refractivity contribution in [1.29, 1.82) is 0 Å². The number of amides is 1. The number of benzene rings is 2. The quantitative estimate of drug-likeness (QED) is 0.678. The zero-order chi connectivity index (χ0) is 18.8. The van der Waals surface area contributed by atoms with Crippen LogP contribution in [0.2, 0.25) is 0 Å². The van der Waals surface area contributed by atoms with Gasteiger partial charge in [-0.3, -0.25) is 14.2 Å². The van der Waals surface area contributed by atoms with E-state index in [0.29, 0.717) is 16.8 Å². The van der Waals surface area contributed by atoms with Crippen molar-refractivity contribution in [3.63, 3.8) is 0 Å². The van der Waals surface area contributed by atoms with Crippen LogP contribution in [0, 0.1) is 0 Å². The van der Waals surface area contributed by atoms with Gasteiger partial charge in [0.1, 0.15) is 6.54 Å². The fourth-order valence-corrected chi connectivity index (χ4v) is 2.48. The summed E-state index contributed by atoms with van der Waals surface area (Å²) in [6.45, 7) is 1.12. The van der Waals surface area contributed by atoms with Crippen LogP contribution in [0.15, 0.2) is 51.7 Å². The molecule has 0 saturated carbocycles. The summed E-state index contributed by atoms with van der Waals surface area (Å²) in [7, 11) is 0. The van der Waals surface area contributed by atoms with Gasteiger partial charge in [-0.1, -0.05) is 0 Å². The molecule has 132 valence electrons. The van der Waals surface area contributed by atoms with E-state index >= 15 is 0 Å². The van der Waals surface area contributed by atoms with E-state index in [2.05, 4.69) is 5.32 Å². The molecule has 8 heteroatoms. The molecule has 0 saturated heterocycles. The first kappa shape index (κ1) is 17.2. The summed E-state index contributed by atoms with van der Waals surface area (Å²) < 4.78 is 6.25. The van der Waals surface area contributed by atoms with Gasteiger partial charge in [0.05, 0.1) is 11.1 Å². The van der Waals surface area contributed by atoms with Gasteiger partial charge in [0, 0.05) is 11.3 Å². The average molecular weight is 354 g/mol. The lowest BCUT2D eigenvalue weighted by atomic mass is 10.1. The van der Waals surface area contributed by atoms with Gasteiger partial charge in [0.2, 0.25) is 5.91 Å². The van der Waals surface area contributed by atoms with E-state index in [4.69, 9.17) is 9.52 Å². The van der Waals surface area contributed by atoms with Crippen molar-refractivity contribution >= 4 is 34.4 Å². The van der Waals surface area contributed by atoms with Crippen LogP contribution in [0.4, 0.5) is 5.69 Å². The second-order valence-corrected chi connectivity index (χ2v) is 5.62. The SMILES string of the molecule is CC(=O)c1ccc2c(c1)oc(=O)n2CC(=O)Nc1ccc(C(=O)O)cc1. The number of carboxylic acid groups (broad SMARTS) is 1. The summed E-state index contributed by atoms with van der Waals surface area (Å²) in [6, 6.07) is 10.2. The molecule has 0 aliphatic rings. The van der Waals surface area contributed by atoms with Crippen LogP contribution in [0.5, 0.6) is 0 Å². The van der Waals surface area contributed by atoms with Crippen LogP contribution in [-0.4, -0.2) is 27.3 Å². The Morgan fingerprint density at radius 1 is 1.08 bits per heavy atom. The summed E-state index contributed by atoms with van der Waals surface area (Å²) in [6.07, 6.45) is 0. The molecule has 1 heterocycles. The maximum atomic E-state index is 12.2. The number of anilines is 1. The average Bonchev–Trinajstić information content (AvgIpc) is 2.90. The van der Waals surface area contributed by atoms with E-state index in [1.807, 2.05) is 0 Å². The number of carbonyl (C=O) groups is 3. The Labute approximate surface area is 146 Å². The molecule has 0 atom stereocenters. The van der Waals surface area contributed by atoms with Crippen molar-refractivity contribution in [2.75, 3.05) is 5.32 Å². The van der Waals surface area contributed by atoms with Crippen LogP contribution in [0.1, 0.15) is 27.6 Å². The van der Waals surface area contributed by atoms with E-state index in [1.54, 1.807) is 12.1 Å². The fourth-order valence-electron chi connectivity index (χ4n) is 2.48. The number of nitrogens with one attached hydrogen (secondary N) is 1. The highest BCUT2D eigenvalue weighted by atomic mass is 16.4. The Bertz CT molecular complexity index is 1080. The standard InChI is InChI=1S/C18H14N2O6/c1-10(21)12-4-7-14-15(8-12)26-18(25)20(14)9-16(22)19-13-5-2-11(3-6-13)17(23)24/h2-8H,9H2,1H3,(H,19,22)(H,23,24). The van der Waals surface area contributed by atoms with Crippen molar-refractivity contribution in [3.8, 4) is 0 Å². The van der Waals surface area contributed by atoms with Crippen molar-refractivity contribution in [3.05, 3.63) is 64.1 Å². The normalized spacial score (nSPS) is 10.7. The third-order valence-electron chi connectivity index (χ3n) is 3.79. The van der Waals surface area contributed by atoms with Gasteiger partial charge >= 0.3 is 11.7 Å². The van der Waals surface area contributed by atoms with E-state index < -0.39 is 17.6 Å². The van der Waals surface area contributed by atoms with Crippen LogP contribution >= 0.6 is 0 Å². The molecule has 0 spiro atoms. The minimum atomic E-state index is -1.07. The van der Waals surface area contributed by atoms with Gasteiger partial charge < -0.3 is 14.8 Å². The lowest BCUT2D eigenvalue weighted by Gasteiger charge is -2.06. The van der Waals surface area contributed by atoms with Gasteiger partial charge in [-0.25, -0.2) is 9.59 Å². The number of carboxylic acids is 1. The van der Waals surface area contributed by atoms with Gasteiger partial charge in [-0.2, -0.15) is 0 Å². The Balaban J connectivity index is 1.80. The molecule has 8 nitrogen and oxygen atoms in total. The number of fused-ring (bicyclic) bond motifs is 1. The van der Waals surface area contributed by atoms with Gasteiger partial charge in [0.25, 0.3) is 0 Å². The van der Waals surface area contributed by atoms with Crippen LogP contribution in [0.25, 0.3) is 11.1 Å². The number of ketones is 1. The van der Waals surface area contributed by atoms with Gasteiger partial charge in [-0.05, 0) is 49.4 Å². The lowest BCUT2D eigenvalue weighted by molar-refractivity contribution is -0.116. The van der Waals surface area contributed by atoms with Crippen LogP contribution in [-0.2, 0) is 11.3 Å². The Hall–Kier alpha value is -3.68. The molecule has 2 N–H and O–H groups in total. The molecular weight excluding hydrogens is 340 g/mol. The molecule has 0 fully saturated rings. The summed E-state index contributed by atoms with van der Waals surface area (Å²) in [4.78, 5) is 46.4. The number of oxazole rings is 1. The summed E-state index contributed by atoms with van der Waals surface area (Å²) in [5, 5.41) is 11.4. The number of hydrogen-bond donors (Lipinski definition) is 2. The van der Waals surface area contributed by atoms with Crippen molar-refractivity contribution in [1.82, 2.24) is 4.57 Å². The Morgan fingerprint density at radius 2 is 1.73 bits per heavy atom. The molecule has 2 aromatic carbocycles. The lowest BCUT2D eigenvalue weighted by Crippen LogP contribution is -2.24. The first-order chi connectivity index (χ1) is 12.3. The zero-order valence-corrected chi connectivity index (χ0v) is 13.7. The molecule has 0 unspecified atom stereocenters. The molecule has 26 heavy (non-hydrogen) atoms. The van der Waals surface area contributed by atoms with E-state index in [1.165, 1.54) is 37.3 Å². The van der Waals surface area contributed by atoms with Crippen molar-refractivity contribution < 1.29 is 23.9 Å². The zero-order valence-electron chi connectivity index (χ0n) is 13.7. The number of carbonyl (C=O) groups excluding carboxylic acids is 2. The van der Waals surface area contributed by atoms with Crippen LogP contribution in [0.3, 0.4) is 0 Å². The maximum absolute atomic E-state index is 12.2. The maximum Gasteiger partial charge on any atom is 0.420 e. The molecule has 0 bridgehead atoms. The second kappa shape index (κ2) is 6.67. The Morgan fingerprint density at radius 3 is 2.35 bits per heavy atom. The van der Waals surface area contributed by atoms with E-state index in [9.17, 15) is 19.2 Å². The molecule has 0 aliphatic heterocycles. The monoisotopic (exact) mass is 354 g/mol. The highest BCUT2D eigenvalue weighted by Gasteiger charge is 2.14. The van der Waals surface area contributed by atoms with Crippen LogP contribution < -0.4 is 11.1 Å². The topological polar surface area (TPSA) is 119 Å².